The molecule has 10 N–H and O–H groups in total. The van der Waals surface area contributed by atoms with Gasteiger partial charge in [0.25, 0.3) is 0 Å². The van der Waals surface area contributed by atoms with E-state index in [0.29, 0.717) is 11.1 Å². The smallest absolute Gasteiger partial charge is 0.320 e. The first-order chi connectivity index (χ1) is 13.5. The minimum atomic E-state index is -1.15. The van der Waals surface area contributed by atoms with Crippen molar-refractivity contribution in [1.29, 1.82) is 0 Å². The topological polar surface area (TPSA) is 214 Å². The molecule has 0 fully saturated rings. The van der Waals surface area contributed by atoms with Gasteiger partial charge in [0.2, 0.25) is 0 Å². The number of carboxylic acids is 3. The minimum absolute atomic E-state index is 0.0594. The van der Waals surface area contributed by atoms with Gasteiger partial charge in [0, 0.05) is 11.6 Å². The van der Waals surface area contributed by atoms with Crippen molar-refractivity contribution < 1.29 is 39.4 Å². The number of aliphatic carboxylic acids is 3. The number of aliphatic hydroxyl groups excluding tert-OH is 1. The zero-order valence-electron chi connectivity index (χ0n) is 16.0. The fourth-order valence-electron chi connectivity index (χ4n) is 2.75. The summed E-state index contributed by atoms with van der Waals surface area (Å²) in [6.45, 7) is 0.162. The summed E-state index contributed by atoms with van der Waals surface area (Å²) in [7, 11) is 0. The largest absolute Gasteiger partial charge is 0.480 e. The summed E-state index contributed by atoms with van der Waals surface area (Å²) in [5, 5.41) is 36.9. The Kier molecular flexibility index (Phi) is 9.62. The average molecular weight is 413 g/mol. The highest BCUT2D eigenvalue weighted by Crippen LogP contribution is 2.13. The fraction of sp³-hybridized carbons (Fsp3) is 0.556. The van der Waals surface area contributed by atoms with Crippen molar-refractivity contribution in [2.24, 2.45) is 17.2 Å². The van der Waals surface area contributed by atoms with Crippen LogP contribution in [0.15, 0.2) is 18.5 Å². The van der Waals surface area contributed by atoms with E-state index in [2.05, 4.69) is 0 Å². The lowest BCUT2D eigenvalue weighted by Crippen LogP contribution is -2.41. The number of aryl methyl sites for hydroxylation is 1. The van der Waals surface area contributed by atoms with Crippen LogP contribution in [0.5, 0.6) is 0 Å². The summed E-state index contributed by atoms with van der Waals surface area (Å²) >= 11 is 0. The van der Waals surface area contributed by atoms with Gasteiger partial charge in [-0.2, -0.15) is 0 Å². The second-order valence-corrected chi connectivity index (χ2v) is 7.00. The molecule has 0 saturated heterocycles. The quantitative estimate of drug-likeness (QED) is 0.174. The van der Waals surface area contributed by atoms with Crippen LogP contribution in [-0.4, -0.2) is 62.6 Å². The molecule has 0 aliphatic carbocycles. The predicted octanol–water partition coefficient (Wildman–Crippen LogP) is -2.17. The van der Waals surface area contributed by atoms with Crippen molar-refractivity contribution in [2.45, 2.75) is 62.9 Å². The zero-order chi connectivity index (χ0) is 22.1. The third-order valence-electron chi connectivity index (χ3n) is 4.55. The highest BCUT2D eigenvalue weighted by molar-refractivity contribution is 5.74. The molecule has 4 atom stereocenters. The number of hydrogen-bond donors (Lipinski definition) is 7. The first-order valence-electron chi connectivity index (χ1n) is 9.15. The van der Waals surface area contributed by atoms with Gasteiger partial charge in [0.05, 0.1) is 0 Å². The number of nitrogens with zero attached hydrogens (tertiary/aromatic N) is 1. The van der Waals surface area contributed by atoms with Crippen LogP contribution >= 0.6 is 0 Å². The van der Waals surface area contributed by atoms with Crippen molar-refractivity contribution >= 4 is 17.9 Å². The second-order valence-electron chi connectivity index (χ2n) is 7.00. The van der Waals surface area contributed by atoms with Crippen molar-refractivity contribution in [1.82, 2.24) is 0 Å². The van der Waals surface area contributed by atoms with Crippen LogP contribution in [0.1, 0.15) is 30.4 Å². The number of carboxylic acid groups (broad SMARTS) is 3. The molecule has 0 aliphatic heterocycles. The van der Waals surface area contributed by atoms with Crippen molar-refractivity contribution in [3.63, 3.8) is 0 Å². The van der Waals surface area contributed by atoms with Gasteiger partial charge in [-0.15, -0.1) is 0 Å². The van der Waals surface area contributed by atoms with E-state index >= 15 is 0 Å². The van der Waals surface area contributed by atoms with E-state index in [9.17, 15) is 19.5 Å². The molecule has 0 saturated carbocycles. The molecule has 0 amide bonds. The molecule has 1 rings (SSSR count). The van der Waals surface area contributed by atoms with Crippen LogP contribution in [0.2, 0.25) is 0 Å². The summed E-state index contributed by atoms with van der Waals surface area (Å²) in [4.78, 5) is 32.7. The molecule has 1 aromatic rings. The van der Waals surface area contributed by atoms with Crippen LogP contribution in [-0.2, 0) is 33.8 Å². The highest BCUT2D eigenvalue weighted by Gasteiger charge is 2.21. The van der Waals surface area contributed by atoms with Gasteiger partial charge in [0.15, 0.2) is 18.9 Å². The number of pyridine rings is 1. The first-order valence-corrected chi connectivity index (χ1v) is 9.15. The Balaban J connectivity index is 2.90. The van der Waals surface area contributed by atoms with Gasteiger partial charge in [-0.25, -0.2) is 4.57 Å². The van der Waals surface area contributed by atoms with E-state index in [1.165, 1.54) is 0 Å². The average Bonchev–Trinajstić information content (AvgIpc) is 2.65. The van der Waals surface area contributed by atoms with E-state index < -0.39 is 42.1 Å². The maximum absolute atomic E-state index is 11.0. The Morgan fingerprint density at radius 3 is 1.97 bits per heavy atom. The molecular formula is C18H29N4O7+. The van der Waals surface area contributed by atoms with Crippen LogP contribution < -0.4 is 21.8 Å². The minimum Gasteiger partial charge on any atom is -0.480 e. The lowest BCUT2D eigenvalue weighted by molar-refractivity contribution is -0.704. The molecule has 29 heavy (non-hydrogen) atoms. The lowest BCUT2D eigenvalue weighted by atomic mass is 9.97. The van der Waals surface area contributed by atoms with Crippen LogP contribution in [0, 0.1) is 0 Å². The molecule has 0 radical (unpaired) electrons. The van der Waals surface area contributed by atoms with Gasteiger partial charge in [0.1, 0.15) is 24.2 Å². The molecule has 11 nitrogen and oxygen atoms in total. The van der Waals surface area contributed by atoms with E-state index in [4.69, 9.17) is 32.5 Å². The van der Waals surface area contributed by atoms with E-state index in [1.807, 2.05) is 0 Å². The lowest BCUT2D eigenvalue weighted by Gasteiger charge is -2.14. The van der Waals surface area contributed by atoms with E-state index in [-0.39, 0.29) is 38.6 Å². The van der Waals surface area contributed by atoms with Gasteiger partial charge in [-0.05, 0) is 37.7 Å². The molecular weight excluding hydrogens is 384 g/mol. The Bertz CT molecular complexity index is 728. The monoisotopic (exact) mass is 413 g/mol. The van der Waals surface area contributed by atoms with E-state index in [1.54, 1.807) is 23.0 Å². The Morgan fingerprint density at radius 2 is 1.41 bits per heavy atom. The van der Waals surface area contributed by atoms with Gasteiger partial charge in [-0.1, -0.05) is 0 Å². The molecule has 0 aromatic carbocycles. The Hall–Kier alpha value is -2.60. The number of hydrogen-bond acceptors (Lipinski definition) is 7. The molecule has 1 aromatic heterocycles. The van der Waals surface area contributed by atoms with Gasteiger partial charge >= 0.3 is 17.9 Å². The summed E-state index contributed by atoms with van der Waals surface area (Å²) < 4.78 is 1.66. The van der Waals surface area contributed by atoms with Gasteiger partial charge in [-0.3, -0.25) is 14.4 Å². The molecule has 0 bridgehead atoms. The summed E-state index contributed by atoms with van der Waals surface area (Å²) in [6, 6.07) is -1.56. The highest BCUT2D eigenvalue weighted by atomic mass is 16.4. The first kappa shape index (κ1) is 24.4. The number of aromatic nitrogens is 1. The van der Waals surface area contributed by atoms with Crippen molar-refractivity contribution in [3.8, 4) is 0 Å². The number of carbonyl (C=O) groups is 3. The molecule has 11 heteroatoms. The summed E-state index contributed by atoms with van der Waals surface area (Å²) in [6.07, 6.45) is 3.27. The summed E-state index contributed by atoms with van der Waals surface area (Å²) in [5.41, 5.74) is 17.9. The normalized spacial score (nSPS) is 15.3. The van der Waals surface area contributed by atoms with E-state index in [0.717, 1.165) is 0 Å². The Morgan fingerprint density at radius 1 is 0.862 bits per heavy atom. The van der Waals surface area contributed by atoms with Crippen LogP contribution in [0.4, 0.5) is 0 Å². The second kappa shape index (κ2) is 11.4. The van der Waals surface area contributed by atoms with Crippen molar-refractivity contribution in [3.05, 3.63) is 29.6 Å². The van der Waals surface area contributed by atoms with Gasteiger partial charge < -0.3 is 37.6 Å². The molecule has 0 aliphatic rings. The molecule has 1 heterocycles. The van der Waals surface area contributed by atoms with Crippen LogP contribution in [0.3, 0.4) is 0 Å². The molecule has 0 spiro atoms. The van der Waals surface area contributed by atoms with Crippen LogP contribution in [0.25, 0.3) is 0 Å². The maximum Gasteiger partial charge on any atom is 0.320 e. The molecule has 162 valence electrons. The SMILES string of the molecule is N[C@@H](CCc1c[n+](C[C@H](O)CC[C@H](N)C(=O)O)ccc1C[C@H](N)C(=O)O)C(=O)O. The molecule has 0 unspecified atom stereocenters. The zero-order valence-corrected chi connectivity index (χ0v) is 16.0. The number of aliphatic hydroxyl groups is 1. The predicted molar refractivity (Wildman–Crippen MR) is 101 cm³/mol. The number of rotatable bonds is 13. The maximum atomic E-state index is 11.0. The fourth-order valence-corrected chi connectivity index (χ4v) is 2.75. The number of nitrogens with two attached hydrogens (primary N) is 3. The standard InChI is InChI=1S/C18H28N4O7/c19-13(16(24)25)3-1-11-8-22(6-5-10(11)7-15(21)18(28)29)9-12(23)2-4-14(20)17(26)27/h5-6,8,12-15,23H,1-4,7,9,19-21H2,(H2-,24,25,26,27,28,29)/p+1/t12-,13+,14+,15+/m1/s1. The summed E-state index contributed by atoms with van der Waals surface area (Å²) in [5.74, 6) is -3.43. The third kappa shape index (κ3) is 8.52. The van der Waals surface area contributed by atoms with Crippen molar-refractivity contribution in [2.75, 3.05) is 0 Å². The third-order valence-corrected chi connectivity index (χ3v) is 4.55. The Labute approximate surface area is 167 Å².